The van der Waals surface area contributed by atoms with Gasteiger partial charge in [0.1, 0.15) is 5.75 Å². The van der Waals surface area contributed by atoms with Gasteiger partial charge in [-0.05, 0) is 78.5 Å². The molecule has 200 valence electrons. The van der Waals surface area contributed by atoms with Crippen molar-refractivity contribution in [2.24, 2.45) is 5.92 Å². The maximum atomic E-state index is 10.7. The molecule has 2 aromatic carbocycles. The van der Waals surface area contributed by atoms with Crippen molar-refractivity contribution in [1.29, 1.82) is 0 Å². The second kappa shape index (κ2) is 11.9. The van der Waals surface area contributed by atoms with Crippen LogP contribution in [0.3, 0.4) is 0 Å². The highest BCUT2D eigenvalue weighted by atomic mass is 16.5. The van der Waals surface area contributed by atoms with Gasteiger partial charge in [0.25, 0.3) is 0 Å². The highest BCUT2D eigenvalue weighted by Gasteiger charge is 2.33. The number of hydrogen-bond acceptors (Lipinski definition) is 6. The lowest BCUT2D eigenvalue weighted by Gasteiger charge is -2.35. The van der Waals surface area contributed by atoms with Gasteiger partial charge in [0.2, 0.25) is 5.75 Å². The summed E-state index contributed by atoms with van der Waals surface area (Å²) in [7, 11) is 1.46. The summed E-state index contributed by atoms with van der Waals surface area (Å²) in [5, 5.41) is 41.9. The molecule has 1 aliphatic rings. The number of aliphatic hydroxyl groups excluding tert-OH is 1. The van der Waals surface area contributed by atoms with Gasteiger partial charge in [-0.25, -0.2) is 0 Å². The summed E-state index contributed by atoms with van der Waals surface area (Å²) >= 11 is 0. The number of ether oxygens (including phenoxy) is 2. The molecule has 1 saturated heterocycles. The first-order valence-corrected chi connectivity index (χ1v) is 13.1. The number of phenols is 3. The van der Waals surface area contributed by atoms with Crippen LogP contribution >= 0.6 is 0 Å². The van der Waals surface area contributed by atoms with Gasteiger partial charge in [0.05, 0.1) is 25.4 Å². The van der Waals surface area contributed by atoms with Crippen LogP contribution in [0.4, 0.5) is 0 Å². The van der Waals surface area contributed by atoms with Crippen LogP contribution in [0.2, 0.25) is 0 Å². The summed E-state index contributed by atoms with van der Waals surface area (Å²) in [6.07, 6.45) is 7.26. The van der Waals surface area contributed by atoms with Crippen molar-refractivity contribution in [2.45, 2.75) is 77.1 Å². The Bertz CT molecular complexity index is 1170. The topological polar surface area (TPSA) is 115 Å². The van der Waals surface area contributed by atoms with E-state index in [1.807, 2.05) is 24.5 Å². The second-order valence-electron chi connectivity index (χ2n) is 10.5. The van der Waals surface area contributed by atoms with Gasteiger partial charge < -0.3 is 34.9 Å². The van der Waals surface area contributed by atoms with Crippen molar-refractivity contribution in [3.8, 4) is 23.0 Å². The number of H-pyrrole nitrogens is 1. The van der Waals surface area contributed by atoms with Gasteiger partial charge in [-0.1, -0.05) is 26.0 Å². The fourth-order valence-corrected chi connectivity index (χ4v) is 5.20. The van der Waals surface area contributed by atoms with E-state index in [1.165, 1.54) is 13.2 Å². The first kappa shape index (κ1) is 26.9. The smallest absolute Gasteiger partial charge is 0.200 e. The molecule has 0 saturated carbocycles. The Morgan fingerprint density at radius 2 is 1.84 bits per heavy atom. The fourth-order valence-electron chi connectivity index (χ4n) is 5.20. The molecule has 1 aliphatic heterocycles. The zero-order valence-electron chi connectivity index (χ0n) is 21.9. The summed E-state index contributed by atoms with van der Waals surface area (Å²) < 4.78 is 12.0. The van der Waals surface area contributed by atoms with Crippen LogP contribution in [0.5, 0.6) is 23.0 Å². The van der Waals surface area contributed by atoms with Gasteiger partial charge in [0.15, 0.2) is 11.5 Å². The van der Waals surface area contributed by atoms with Crippen molar-refractivity contribution in [3.05, 3.63) is 70.5 Å². The van der Waals surface area contributed by atoms with Crippen molar-refractivity contribution >= 4 is 0 Å². The van der Waals surface area contributed by atoms with Crippen LogP contribution < -0.4 is 4.74 Å². The minimum Gasteiger partial charge on any atom is -0.508 e. The normalized spacial score (nSPS) is 19.9. The summed E-state index contributed by atoms with van der Waals surface area (Å²) in [6.45, 7) is 4.35. The lowest BCUT2D eigenvalue weighted by atomic mass is 9.89. The number of methoxy groups -OCH3 is 1. The molecule has 3 atom stereocenters. The van der Waals surface area contributed by atoms with E-state index >= 15 is 0 Å². The Hall–Kier alpha value is -3.16. The Labute approximate surface area is 218 Å². The van der Waals surface area contributed by atoms with Crippen LogP contribution in [-0.2, 0) is 24.0 Å². The number of nitrogens with one attached hydrogen (secondary N) is 1. The number of rotatable bonds is 10. The van der Waals surface area contributed by atoms with Crippen LogP contribution in [0.25, 0.3) is 0 Å². The number of phenolic OH excluding ortho intramolecular Hbond substituents is 3. The molecule has 7 nitrogen and oxygen atoms in total. The molecule has 4 rings (SSSR count). The van der Waals surface area contributed by atoms with Crippen molar-refractivity contribution < 1.29 is 29.9 Å². The van der Waals surface area contributed by atoms with E-state index < -0.39 is 12.2 Å². The number of benzene rings is 2. The van der Waals surface area contributed by atoms with Crippen molar-refractivity contribution in [1.82, 2.24) is 4.98 Å². The molecule has 0 radical (unpaired) electrons. The maximum Gasteiger partial charge on any atom is 0.200 e. The van der Waals surface area contributed by atoms with E-state index in [0.717, 1.165) is 47.9 Å². The Morgan fingerprint density at radius 3 is 2.54 bits per heavy atom. The molecular formula is C30H39NO6. The molecule has 37 heavy (non-hydrogen) atoms. The molecule has 0 aliphatic carbocycles. The van der Waals surface area contributed by atoms with E-state index in [-0.39, 0.29) is 23.4 Å². The number of aromatic amines is 1. The van der Waals surface area contributed by atoms with Gasteiger partial charge in [-0.15, -0.1) is 0 Å². The summed E-state index contributed by atoms with van der Waals surface area (Å²) in [6, 6.07) is 9.26. The van der Waals surface area contributed by atoms with Gasteiger partial charge in [-0.3, -0.25) is 0 Å². The lowest BCUT2D eigenvalue weighted by molar-refractivity contribution is -0.100. The number of hydrogen-bond donors (Lipinski definition) is 5. The van der Waals surface area contributed by atoms with E-state index in [2.05, 4.69) is 24.9 Å². The standard InChI is InChI=1S/C30H39NO6/c1-18(2)4-7-21-12-19(6-9-26(21)33)5-8-23-14-22(32)15-28(37-23)24-16-27(34)29(35)30(36-3)25(24)13-20-10-11-31-17-20/h6,9-12,16-18,22-23,28,31-35H,4-5,7-8,13-15H2,1-3H3. The third-order valence-electron chi connectivity index (χ3n) is 7.23. The monoisotopic (exact) mass is 509 g/mol. The van der Waals surface area contributed by atoms with Crippen LogP contribution in [-0.4, -0.2) is 44.7 Å². The van der Waals surface area contributed by atoms with Crippen LogP contribution in [0.15, 0.2) is 42.7 Å². The molecule has 1 fully saturated rings. The molecule has 3 unspecified atom stereocenters. The predicted octanol–water partition coefficient (Wildman–Crippen LogP) is 5.53. The second-order valence-corrected chi connectivity index (χ2v) is 10.5. The first-order valence-electron chi connectivity index (χ1n) is 13.1. The molecular weight excluding hydrogens is 470 g/mol. The molecule has 0 spiro atoms. The average molecular weight is 510 g/mol. The van der Waals surface area contributed by atoms with Gasteiger partial charge in [-0.2, -0.15) is 0 Å². The third-order valence-corrected chi connectivity index (χ3v) is 7.23. The zero-order valence-corrected chi connectivity index (χ0v) is 21.9. The van der Waals surface area contributed by atoms with Crippen molar-refractivity contribution in [3.63, 3.8) is 0 Å². The van der Waals surface area contributed by atoms with Gasteiger partial charge in [0, 0.05) is 30.8 Å². The summed E-state index contributed by atoms with van der Waals surface area (Å²) in [4.78, 5) is 3.04. The SMILES string of the molecule is COc1c(O)c(O)cc(C2CC(O)CC(CCc3ccc(O)c(CCC(C)C)c3)O2)c1Cc1cc[nH]c1. The Morgan fingerprint density at radius 1 is 1.03 bits per heavy atom. The van der Waals surface area contributed by atoms with E-state index in [4.69, 9.17) is 9.47 Å². The minimum atomic E-state index is -0.549. The van der Waals surface area contributed by atoms with Crippen LogP contribution in [0.1, 0.15) is 73.5 Å². The number of aromatic nitrogens is 1. The maximum absolute atomic E-state index is 10.7. The molecule has 2 heterocycles. The number of aryl methyl sites for hydroxylation is 2. The molecule has 1 aromatic heterocycles. The lowest BCUT2D eigenvalue weighted by Crippen LogP contribution is -2.32. The largest absolute Gasteiger partial charge is 0.508 e. The molecule has 7 heteroatoms. The summed E-state index contributed by atoms with van der Waals surface area (Å²) in [5.41, 5.74) is 4.53. The van der Waals surface area contributed by atoms with Crippen molar-refractivity contribution in [2.75, 3.05) is 7.11 Å². The number of aromatic hydroxyl groups is 3. The van der Waals surface area contributed by atoms with E-state index in [1.54, 1.807) is 6.07 Å². The molecule has 0 amide bonds. The fraction of sp³-hybridized carbons (Fsp3) is 0.467. The minimum absolute atomic E-state index is 0.177. The Balaban J connectivity index is 1.53. The third kappa shape index (κ3) is 6.59. The highest BCUT2D eigenvalue weighted by molar-refractivity contribution is 5.59. The molecule has 3 aromatic rings. The number of aliphatic hydroxyl groups is 1. The van der Waals surface area contributed by atoms with E-state index in [0.29, 0.717) is 36.5 Å². The van der Waals surface area contributed by atoms with Gasteiger partial charge >= 0.3 is 0 Å². The van der Waals surface area contributed by atoms with E-state index in [9.17, 15) is 20.4 Å². The first-order chi connectivity index (χ1) is 17.7. The predicted molar refractivity (Wildman–Crippen MR) is 142 cm³/mol. The average Bonchev–Trinajstić information content (AvgIpc) is 3.38. The summed E-state index contributed by atoms with van der Waals surface area (Å²) in [5.74, 6) is 0.546. The molecule has 5 N–H and O–H groups in total. The van der Waals surface area contributed by atoms with Crippen LogP contribution in [0, 0.1) is 5.92 Å². The zero-order chi connectivity index (χ0) is 26.5. The molecule has 0 bridgehead atoms. The quantitative estimate of drug-likeness (QED) is 0.230. The highest BCUT2D eigenvalue weighted by Crippen LogP contribution is 2.46. The Kier molecular flexibility index (Phi) is 8.67.